The third kappa shape index (κ3) is 1.10. The molecule has 0 heterocycles. The second-order valence-electron chi connectivity index (χ2n) is 7.07. The van der Waals surface area contributed by atoms with E-state index in [1.807, 2.05) is 0 Å². The van der Waals surface area contributed by atoms with E-state index < -0.39 is 0 Å². The molecule has 0 aliphatic heterocycles. The molecule has 0 nitrogen and oxygen atoms in total. The Hall–Kier alpha value is 1.08. The van der Waals surface area contributed by atoms with Crippen LogP contribution in [0.3, 0.4) is 0 Å². The van der Waals surface area contributed by atoms with Gasteiger partial charge in [-0.3, -0.25) is 0 Å². The van der Waals surface area contributed by atoms with Gasteiger partial charge in [-0.05, 0) is 69.1 Å². The van der Waals surface area contributed by atoms with Gasteiger partial charge in [0.2, 0.25) is 0 Å². The Morgan fingerprint density at radius 3 is 2.25 bits per heavy atom. The van der Waals surface area contributed by atoms with Crippen LogP contribution in [0.1, 0.15) is 59.3 Å². The molecule has 0 aromatic rings. The van der Waals surface area contributed by atoms with Crippen molar-refractivity contribution in [3.8, 4) is 0 Å². The van der Waals surface area contributed by atoms with E-state index in [1.165, 1.54) is 38.5 Å². The summed E-state index contributed by atoms with van der Waals surface area (Å²) >= 11 is 2.59. The van der Waals surface area contributed by atoms with Crippen LogP contribution in [-0.2, 0) is 0 Å². The molecule has 3 fully saturated rings. The third-order valence-electron chi connectivity index (χ3n) is 6.91. The van der Waals surface area contributed by atoms with Crippen LogP contribution in [0.2, 0.25) is 0 Å². The number of rotatable bonds is 1. The van der Waals surface area contributed by atoms with Crippen molar-refractivity contribution in [2.24, 2.45) is 22.2 Å². The molecule has 16 heavy (non-hydrogen) atoms. The summed E-state index contributed by atoms with van der Waals surface area (Å²) in [7, 11) is 2.16. The summed E-state index contributed by atoms with van der Waals surface area (Å²) in [5.41, 5.74) is 1.91. The quantitative estimate of drug-likeness (QED) is 0.566. The summed E-state index contributed by atoms with van der Waals surface area (Å²) in [5.74, 6) is 0.984. The molecule has 3 unspecified atom stereocenters. The molecule has 1 spiro atoms. The minimum Gasteiger partial charge on any atom is -0.0850 e. The first kappa shape index (κ1) is 12.1. The van der Waals surface area contributed by atoms with E-state index in [1.54, 1.807) is 0 Å². The van der Waals surface area contributed by atoms with Gasteiger partial charge in [0, 0.05) is 5.25 Å². The molecular weight excluding hydrogens is 327 g/mol. The maximum atomic E-state index is 2.63. The van der Waals surface area contributed by atoms with E-state index in [4.69, 9.17) is 0 Å². The van der Waals surface area contributed by atoms with E-state index in [0.717, 1.165) is 11.2 Å². The summed E-state index contributed by atoms with van der Waals surface area (Å²) in [6.07, 6.45) is 9.01. The van der Waals surface area contributed by atoms with E-state index in [0.29, 0.717) is 16.2 Å². The van der Waals surface area contributed by atoms with Crippen LogP contribution in [0.4, 0.5) is 0 Å². The Bertz CT molecular complexity index is 306. The Morgan fingerprint density at radius 1 is 1.06 bits per heavy atom. The van der Waals surface area contributed by atoms with Crippen molar-refractivity contribution >= 4 is 30.1 Å². The number of hydrogen-bond donors (Lipinski definition) is 0. The fourth-order valence-electron chi connectivity index (χ4n) is 5.65. The zero-order valence-corrected chi connectivity index (χ0v) is 13.7. The molecule has 3 aliphatic rings. The Labute approximate surface area is 116 Å². The van der Waals surface area contributed by atoms with Crippen molar-refractivity contribution in [2.75, 3.05) is 0 Å². The highest BCUT2D eigenvalue weighted by Gasteiger charge is 2.73. The molecule has 92 valence electrons. The number of halogens is 1. The average Bonchev–Trinajstić information content (AvgIpc) is 2.82. The van der Waals surface area contributed by atoms with Crippen LogP contribution in [-0.4, -0.2) is 5.25 Å². The van der Waals surface area contributed by atoms with Gasteiger partial charge in [0.15, 0.2) is 0 Å². The summed E-state index contributed by atoms with van der Waals surface area (Å²) in [4.78, 5) is 0. The molecular formula is C14H23IS. The second-order valence-corrected chi connectivity index (χ2v) is 9.28. The highest BCUT2D eigenvalue weighted by molar-refractivity contribution is 14.2. The molecule has 3 aliphatic carbocycles. The number of fused-ring (bicyclic) bond motifs is 3. The maximum absolute atomic E-state index is 2.63. The van der Waals surface area contributed by atoms with Crippen LogP contribution >= 0.6 is 30.1 Å². The van der Waals surface area contributed by atoms with Crippen molar-refractivity contribution in [3.05, 3.63) is 0 Å². The van der Waals surface area contributed by atoms with Gasteiger partial charge in [0.05, 0.1) is 0 Å². The molecule has 0 aromatic heterocycles. The van der Waals surface area contributed by atoms with E-state index in [-0.39, 0.29) is 0 Å². The maximum Gasteiger partial charge on any atom is 0.0243 e. The van der Waals surface area contributed by atoms with Crippen molar-refractivity contribution < 1.29 is 0 Å². The van der Waals surface area contributed by atoms with E-state index >= 15 is 0 Å². The van der Waals surface area contributed by atoms with Gasteiger partial charge in [-0.15, -0.1) is 0 Å². The van der Waals surface area contributed by atoms with Gasteiger partial charge in [0.1, 0.15) is 0 Å². The monoisotopic (exact) mass is 350 g/mol. The predicted octanol–water partition coefficient (Wildman–Crippen LogP) is 5.45. The van der Waals surface area contributed by atoms with Crippen LogP contribution in [0.15, 0.2) is 0 Å². The second kappa shape index (κ2) is 3.55. The fourth-order valence-corrected chi connectivity index (χ4v) is 9.44. The molecule has 3 rings (SSSR count). The Balaban J connectivity index is 2.11. The van der Waals surface area contributed by atoms with Gasteiger partial charge in [-0.25, -0.2) is 0 Å². The molecule has 0 aromatic carbocycles. The minimum absolute atomic E-state index is 0.584. The minimum atomic E-state index is 0.584. The van der Waals surface area contributed by atoms with E-state index in [2.05, 4.69) is 50.9 Å². The smallest absolute Gasteiger partial charge is 0.0243 e. The van der Waals surface area contributed by atoms with Crippen molar-refractivity contribution in [2.45, 2.75) is 64.5 Å². The molecule has 0 N–H and O–H groups in total. The molecule has 0 amide bonds. The summed E-state index contributed by atoms with van der Waals surface area (Å²) in [5, 5.41) is 0.948. The van der Waals surface area contributed by atoms with Crippen molar-refractivity contribution in [3.63, 3.8) is 0 Å². The van der Waals surface area contributed by atoms with E-state index in [9.17, 15) is 0 Å². The van der Waals surface area contributed by atoms with Crippen LogP contribution in [0.5, 0.6) is 0 Å². The SMILES string of the molecule is CC1(C)C2CCC1(C)C1(CCCC1)C2SI. The molecule has 2 bridgehead atoms. The predicted molar refractivity (Wildman–Crippen MR) is 80.9 cm³/mol. The largest absolute Gasteiger partial charge is 0.0850 e. The zero-order chi connectivity index (χ0) is 11.6. The molecule has 2 heteroatoms. The third-order valence-corrected chi connectivity index (χ3v) is 9.52. The fraction of sp³-hybridized carbons (Fsp3) is 1.00. The normalized spacial score (nSPS) is 48.0. The first-order chi connectivity index (χ1) is 7.49. The van der Waals surface area contributed by atoms with Gasteiger partial charge in [-0.2, -0.15) is 0 Å². The summed E-state index contributed by atoms with van der Waals surface area (Å²) < 4.78 is 0. The highest BCUT2D eigenvalue weighted by atomic mass is 127. The number of hydrogen-bond acceptors (Lipinski definition) is 1. The first-order valence-corrected chi connectivity index (χ1v) is 10.2. The van der Waals surface area contributed by atoms with Crippen LogP contribution < -0.4 is 0 Å². The highest BCUT2D eigenvalue weighted by Crippen LogP contribution is 2.79. The Morgan fingerprint density at radius 2 is 1.69 bits per heavy atom. The van der Waals surface area contributed by atoms with Gasteiger partial charge < -0.3 is 0 Å². The van der Waals surface area contributed by atoms with Gasteiger partial charge in [-0.1, -0.05) is 42.5 Å². The standard InChI is InChI=1S/C14H23IS/c1-12(2)10-6-9-13(12,3)14(11(10)16-15)7-4-5-8-14/h10-11H,4-9H2,1-3H3. The molecule has 0 radical (unpaired) electrons. The van der Waals surface area contributed by atoms with Crippen molar-refractivity contribution in [1.29, 1.82) is 0 Å². The lowest BCUT2D eigenvalue weighted by Gasteiger charge is -2.49. The topological polar surface area (TPSA) is 0 Å². The summed E-state index contributed by atoms with van der Waals surface area (Å²) in [6, 6.07) is 0. The zero-order valence-electron chi connectivity index (χ0n) is 10.7. The van der Waals surface area contributed by atoms with Crippen molar-refractivity contribution in [1.82, 2.24) is 0 Å². The first-order valence-electron chi connectivity index (χ1n) is 6.77. The lowest BCUT2D eigenvalue weighted by atomic mass is 9.57. The molecule has 3 saturated carbocycles. The van der Waals surface area contributed by atoms with Gasteiger partial charge >= 0.3 is 0 Å². The summed E-state index contributed by atoms with van der Waals surface area (Å²) in [6.45, 7) is 7.76. The van der Waals surface area contributed by atoms with Crippen LogP contribution in [0.25, 0.3) is 0 Å². The Kier molecular flexibility index (Phi) is 2.69. The van der Waals surface area contributed by atoms with Crippen LogP contribution in [0, 0.1) is 22.2 Å². The lowest BCUT2D eigenvalue weighted by Crippen LogP contribution is -2.43. The lowest BCUT2D eigenvalue weighted by molar-refractivity contribution is 0.0220. The molecule has 3 atom stereocenters. The molecule has 0 saturated heterocycles. The van der Waals surface area contributed by atoms with Gasteiger partial charge in [0.25, 0.3) is 0 Å². The average molecular weight is 350 g/mol.